The lowest BCUT2D eigenvalue weighted by Gasteiger charge is -2.10. The van der Waals surface area contributed by atoms with Crippen molar-refractivity contribution in [2.24, 2.45) is 0 Å². The van der Waals surface area contributed by atoms with E-state index in [2.05, 4.69) is 21.2 Å². The third kappa shape index (κ3) is 3.69. The van der Waals surface area contributed by atoms with Gasteiger partial charge < -0.3 is 5.32 Å². The van der Waals surface area contributed by atoms with Crippen LogP contribution in [-0.2, 0) is 0 Å². The zero-order valence-corrected chi connectivity index (χ0v) is 15.4. The number of aryl methyl sites for hydroxylation is 1. The fourth-order valence-electron chi connectivity index (χ4n) is 2.48. The number of ketones is 1. The summed E-state index contributed by atoms with van der Waals surface area (Å²) in [7, 11) is 0. The highest BCUT2D eigenvalue weighted by atomic mass is 79.9. The number of carbonyl (C=O) groups is 1. The van der Waals surface area contributed by atoms with Crippen LogP contribution in [-0.4, -0.2) is 5.78 Å². The standard InChI is InChI=1S/C20H15BrClNO/c1-13-5-2-3-8-17(13)20(24)18-10-9-16(12-19(18)22)23-15-7-4-6-14(21)11-15/h2-12,23H,1H3. The molecule has 4 heteroatoms. The highest BCUT2D eigenvalue weighted by Gasteiger charge is 2.15. The monoisotopic (exact) mass is 399 g/mol. The van der Waals surface area contributed by atoms with Crippen molar-refractivity contribution in [2.75, 3.05) is 5.32 Å². The molecule has 0 aromatic heterocycles. The Morgan fingerprint density at radius 2 is 1.67 bits per heavy atom. The van der Waals surface area contributed by atoms with Gasteiger partial charge in [0.25, 0.3) is 0 Å². The topological polar surface area (TPSA) is 29.1 Å². The number of carbonyl (C=O) groups excluding carboxylic acids is 1. The van der Waals surface area contributed by atoms with E-state index in [0.717, 1.165) is 21.4 Å². The summed E-state index contributed by atoms with van der Waals surface area (Å²) >= 11 is 9.80. The summed E-state index contributed by atoms with van der Waals surface area (Å²) in [5.41, 5.74) is 3.89. The molecular weight excluding hydrogens is 386 g/mol. The van der Waals surface area contributed by atoms with Crippen LogP contribution in [0.3, 0.4) is 0 Å². The van der Waals surface area contributed by atoms with E-state index in [1.54, 1.807) is 12.1 Å². The fraction of sp³-hybridized carbons (Fsp3) is 0.0500. The van der Waals surface area contributed by atoms with Crippen LogP contribution in [0.25, 0.3) is 0 Å². The van der Waals surface area contributed by atoms with E-state index >= 15 is 0 Å². The second kappa shape index (κ2) is 7.20. The van der Waals surface area contributed by atoms with E-state index in [1.807, 2.05) is 61.5 Å². The number of hydrogen-bond donors (Lipinski definition) is 1. The van der Waals surface area contributed by atoms with Gasteiger partial charge in [0.15, 0.2) is 5.78 Å². The number of nitrogens with one attached hydrogen (secondary N) is 1. The molecule has 0 unspecified atom stereocenters. The largest absolute Gasteiger partial charge is 0.355 e. The lowest BCUT2D eigenvalue weighted by Crippen LogP contribution is -2.04. The smallest absolute Gasteiger partial charge is 0.194 e. The van der Waals surface area contributed by atoms with Crippen LogP contribution in [0.1, 0.15) is 21.5 Å². The molecule has 3 aromatic rings. The Bertz CT molecular complexity index is 908. The normalized spacial score (nSPS) is 10.5. The van der Waals surface area contributed by atoms with Gasteiger partial charge in [0.2, 0.25) is 0 Å². The van der Waals surface area contributed by atoms with E-state index in [0.29, 0.717) is 16.1 Å². The molecule has 2 nitrogen and oxygen atoms in total. The van der Waals surface area contributed by atoms with Gasteiger partial charge in [-0.25, -0.2) is 0 Å². The quantitative estimate of drug-likeness (QED) is 0.514. The van der Waals surface area contributed by atoms with Gasteiger partial charge in [0.1, 0.15) is 0 Å². The number of rotatable bonds is 4. The zero-order valence-electron chi connectivity index (χ0n) is 13.0. The third-order valence-corrected chi connectivity index (χ3v) is 4.52. The molecule has 0 bridgehead atoms. The molecule has 0 aliphatic carbocycles. The van der Waals surface area contributed by atoms with Gasteiger partial charge in [-0.05, 0) is 48.9 Å². The molecule has 3 aromatic carbocycles. The highest BCUT2D eigenvalue weighted by Crippen LogP contribution is 2.27. The first-order valence-electron chi connectivity index (χ1n) is 7.47. The summed E-state index contributed by atoms with van der Waals surface area (Å²) < 4.78 is 0.991. The summed E-state index contributed by atoms with van der Waals surface area (Å²) in [6.07, 6.45) is 0. The van der Waals surface area contributed by atoms with Gasteiger partial charge in [-0.1, -0.05) is 57.9 Å². The van der Waals surface area contributed by atoms with Crippen molar-refractivity contribution in [3.8, 4) is 0 Å². The first-order valence-corrected chi connectivity index (χ1v) is 8.64. The van der Waals surface area contributed by atoms with Crippen molar-refractivity contribution in [3.63, 3.8) is 0 Å². The van der Waals surface area contributed by atoms with Crippen LogP contribution in [0.2, 0.25) is 5.02 Å². The van der Waals surface area contributed by atoms with Gasteiger partial charge in [-0.3, -0.25) is 4.79 Å². The van der Waals surface area contributed by atoms with Gasteiger partial charge in [0.05, 0.1) is 5.02 Å². The molecule has 1 N–H and O–H groups in total. The van der Waals surface area contributed by atoms with Gasteiger partial charge in [0, 0.05) is 27.0 Å². The maximum absolute atomic E-state index is 12.7. The van der Waals surface area contributed by atoms with Crippen molar-refractivity contribution >= 4 is 44.7 Å². The van der Waals surface area contributed by atoms with Crippen LogP contribution in [0.4, 0.5) is 11.4 Å². The molecule has 0 amide bonds. The van der Waals surface area contributed by atoms with Crippen LogP contribution >= 0.6 is 27.5 Å². The fourth-order valence-corrected chi connectivity index (χ4v) is 3.15. The Morgan fingerprint density at radius 3 is 2.38 bits per heavy atom. The van der Waals surface area contributed by atoms with Gasteiger partial charge >= 0.3 is 0 Å². The van der Waals surface area contributed by atoms with E-state index in [-0.39, 0.29) is 5.78 Å². The van der Waals surface area contributed by atoms with E-state index in [4.69, 9.17) is 11.6 Å². The Hall–Kier alpha value is -2.10. The predicted molar refractivity (Wildman–Crippen MR) is 103 cm³/mol. The third-order valence-electron chi connectivity index (χ3n) is 3.72. The predicted octanol–water partition coefficient (Wildman–Crippen LogP) is 6.39. The Kier molecular flexibility index (Phi) is 5.03. The van der Waals surface area contributed by atoms with Crippen molar-refractivity contribution in [2.45, 2.75) is 6.92 Å². The molecule has 0 atom stereocenters. The average Bonchev–Trinajstić information content (AvgIpc) is 2.55. The van der Waals surface area contributed by atoms with E-state index in [9.17, 15) is 4.79 Å². The summed E-state index contributed by atoms with van der Waals surface area (Å²) in [5, 5.41) is 3.71. The number of benzene rings is 3. The lowest BCUT2D eigenvalue weighted by molar-refractivity contribution is 0.103. The summed E-state index contributed by atoms with van der Waals surface area (Å²) in [5.74, 6) is -0.0629. The zero-order chi connectivity index (χ0) is 17.1. The van der Waals surface area contributed by atoms with Crippen LogP contribution in [0.5, 0.6) is 0 Å². The summed E-state index contributed by atoms with van der Waals surface area (Å²) in [6.45, 7) is 1.92. The number of hydrogen-bond acceptors (Lipinski definition) is 2. The molecule has 0 fully saturated rings. The summed E-state index contributed by atoms with van der Waals surface area (Å²) in [6, 6.07) is 20.8. The maximum atomic E-state index is 12.7. The molecule has 3 rings (SSSR count). The molecule has 0 spiro atoms. The Balaban J connectivity index is 1.87. The molecule has 0 aliphatic rings. The van der Waals surface area contributed by atoms with E-state index in [1.165, 1.54) is 0 Å². The molecule has 0 radical (unpaired) electrons. The maximum Gasteiger partial charge on any atom is 0.194 e. The molecule has 120 valence electrons. The Labute approximate surface area is 154 Å². The second-order valence-corrected chi connectivity index (χ2v) is 6.80. The SMILES string of the molecule is Cc1ccccc1C(=O)c1ccc(Nc2cccc(Br)c2)cc1Cl. The highest BCUT2D eigenvalue weighted by molar-refractivity contribution is 9.10. The van der Waals surface area contributed by atoms with Crippen molar-refractivity contribution in [1.29, 1.82) is 0 Å². The summed E-state index contributed by atoms with van der Waals surface area (Å²) in [4.78, 5) is 12.7. The van der Waals surface area contributed by atoms with Gasteiger partial charge in [-0.15, -0.1) is 0 Å². The van der Waals surface area contributed by atoms with Crippen molar-refractivity contribution in [1.82, 2.24) is 0 Å². The molecule has 0 saturated heterocycles. The minimum absolute atomic E-state index is 0.0629. The first kappa shape index (κ1) is 16.7. The van der Waals surface area contributed by atoms with Crippen molar-refractivity contribution < 1.29 is 4.79 Å². The van der Waals surface area contributed by atoms with Crippen molar-refractivity contribution in [3.05, 3.63) is 92.9 Å². The second-order valence-electron chi connectivity index (χ2n) is 5.47. The molecule has 24 heavy (non-hydrogen) atoms. The van der Waals surface area contributed by atoms with Crippen LogP contribution in [0.15, 0.2) is 71.2 Å². The average molecular weight is 401 g/mol. The Morgan fingerprint density at radius 1 is 0.917 bits per heavy atom. The molecule has 0 aliphatic heterocycles. The number of halogens is 2. The van der Waals surface area contributed by atoms with E-state index < -0.39 is 0 Å². The molecule has 0 saturated carbocycles. The van der Waals surface area contributed by atoms with Crippen LogP contribution < -0.4 is 5.32 Å². The molecule has 0 heterocycles. The van der Waals surface area contributed by atoms with Gasteiger partial charge in [-0.2, -0.15) is 0 Å². The molecular formula is C20H15BrClNO. The minimum Gasteiger partial charge on any atom is -0.355 e. The lowest BCUT2D eigenvalue weighted by atomic mass is 9.99. The first-order chi connectivity index (χ1) is 11.5. The number of anilines is 2. The van der Waals surface area contributed by atoms with Crippen LogP contribution in [0, 0.1) is 6.92 Å². The minimum atomic E-state index is -0.0629.